The Kier molecular flexibility index (Phi) is 4.49. The van der Waals surface area contributed by atoms with Crippen LogP contribution >= 0.6 is 0 Å². The second kappa shape index (κ2) is 5.89. The average molecular weight is 210 g/mol. The van der Waals surface area contributed by atoms with Gasteiger partial charge in [0.05, 0.1) is 0 Å². The van der Waals surface area contributed by atoms with Crippen molar-refractivity contribution in [2.24, 2.45) is 17.8 Å². The van der Waals surface area contributed by atoms with E-state index in [1.165, 1.54) is 57.8 Å². The molecule has 0 saturated heterocycles. The van der Waals surface area contributed by atoms with E-state index < -0.39 is 0 Å². The number of aliphatic hydroxyl groups excluding tert-OH is 1. The molecule has 1 nitrogen and oxygen atoms in total. The van der Waals surface area contributed by atoms with Gasteiger partial charge in [-0.2, -0.15) is 0 Å². The number of unbranched alkanes of at least 4 members (excludes halogenated alkanes) is 1. The summed E-state index contributed by atoms with van der Waals surface area (Å²) in [4.78, 5) is 0. The molecule has 2 saturated carbocycles. The van der Waals surface area contributed by atoms with Crippen LogP contribution in [0.15, 0.2) is 0 Å². The molecule has 0 bridgehead atoms. The first-order valence-electron chi connectivity index (χ1n) is 7.02. The molecule has 2 aliphatic rings. The van der Waals surface area contributed by atoms with Crippen LogP contribution in [0.3, 0.4) is 0 Å². The van der Waals surface area contributed by atoms with Gasteiger partial charge in [-0.25, -0.2) is 0 Å². The zero-order valence-electron chi connectivity index (χ0n) is 9.96. The van der Waals surface area contributed by atoms with Gasteiger partial charge < -0.3 is 5.11 Å². The third-order valence-corrected chi connectivity index (χ3v) is 4.71. The lowest BCUT2D eigenvalue weighted by Gasteiger charge is -2.41. The van der Waals surface area contributed by atoms with Gasteiger partial charge in [-0.3, -0.25) is 0 Å². The van der Waals surface area contributed by atoms with Gasteiger partial charge in [0.1, 0.15) is 0 Å². The maximum absolute atomic E-state index is 8.83. The highest BCUT2D eigenvalue weighted by Crippen LogP contribution is 2.45. The maximum Gasteiger partial charge on any atom is 0.0431 e. The summed E-state index contributed by atoms with van der Waals surface area (Å²) < 4.78 is 0. The molecule has 0 aliphatic heterocycles. The van der Waals surface area contributed by atoms with E-state index in [0.717, 1.165) is 24.2 Å². The van der Waals surface area contributed by atoms with E-state index in [-0.39, 0.29) is 0 Å². The molecule has 0 radical (unpaired) electrons. The molecule has 1 heteroatoms. The van der Waals surface area contributed by atoms with Gasteiger partial charge in [0.15, 0.2) is 0 Å². The highest BCUT2D eigenvalue weighted by atomic mass is 16.2. The molecular formula is C14H26O. The van der Waals surface area contributed by atoms with E-state index in [4.69, 9.17) is 5.11 Å². The van der Waals surface area contributed by atoms with Gasteiger partial charge in [0.2, 0.25) is 0 Å². The van der Waals surface area contributed by atoms with Crippen LogP contribution in [0.1, 0.15) is 64.2 Å². The Morgan fingerprint density at radius 2 is 1.67 bits per heavy atom. The molecule has 0 aromatic rings. The van der Waals surface area contributed by atoms with E-state index in [0.29, 0.717) is 6.61 Å². The highest BCUT2D eigenvalue weighted by molar-refractivity contribution is 4.85. The Morgan fingerprint density at radius 3 is 2.53 bits per heavy atom. The van der Waals surface area contributed by atoms with Crippen LogP contribution in [-0.2, 0) is 0 Å². The van der Waals surface area contributed by atoms with Crippen LogP contribution in [0.25, 0.3) is 0 Å². The van der Waals surface area contributed by atoms with Crippen LogP contribution in [-0.4, -0.2) is 11.7 Å². The first-order valence-corrected chi connectivity index (χ1v) is 7.02. The van der Waals surface area contributed by atoms with Crippen molar-refractivity contribution in [3.63, 3.8) is 0 Å². The van der Waals surface area contributed by atoms with Gasteiger partial charge in [-0.15, -0.1) is 0 Å². The smallest absolute Gasteiger partial charge is 0.0431 e. The summed E-state index contributed by atoms with van der Waals surface area (Å²) >= 11 is 0. The maximum atomic E-state index is 8.83. The molecule has 0 aromatic carbocycles. The molecule has 2 aliphatic carbocycles. The fourth-order valence-corrected chi connectivity index (χ4v) is 3.95. The SMILES string of the molecule is OCCCCC1CCCC2CCCCC12. The monoisotopic (exact) mass is 210 g/mol. The lowest BCUT2D eigenvalue weighted by Crippen LogP contribution is -2.30. The summed E-state index contributed by atoms with van der Waals surface area (Å²) in [7, 11) is 0. The van der Waals surface area contributed by atoms with E-state index >= 15 is 0 Å². The Morgan fingerprint density at radius 1 is 0.867 bits per heavy atom. The predicted molar refractivity (Wildman–Crippen MR) is 63.7 cm³/mol. The van der Waals surface area contributed by atoms with E-state index in [1.54, 1.807) is 0 Å². The van der Waals surface area contributed by atoms with E-state index in [1.807, 2.05) is 0 Å². The topological polar surface area (TPSA) is 20.2 Å². The van der Waals surface area contributed by atoms with Gasteiger partial charge in [0.25, 0.3) is 0 Å². The fourth-order valence-electron chi connectivity index (χ4n) is 3.95. The van der Waals surface area contributed by atoms with Crippen molar-refractivity contribution in [2.75, 3.05) is 6.61 Å². The molecule has 0 aromatic heterocycles. The fraction of sp³-hybridized carbons (Fsp3) is 1.00. The third-order valence-electron chi connectivity index (χ3n) is 4.71. The van der Waals surface area contributed by atoms with Crippen LogP contribution in [0.5, 0.6) is 0 Å². The van der Waals surface area contributed by atoms with Crippen LogP contribution in [0, 0.1) is 17.8 Å². The normalized spacial score (nSPS) is 36.2. The molecule has 0 spiro atoms. The molecule has 0 heterocycles. The second-order valence-electron chi connectivity index (χ2n) is 5.62. The molecule has 88 valence electrons. The van der Waals surface area contributed by atoms with Gasteiger partial charge >= 0.3 is 0 Å². The number of fused-ring (bicyclic) bond motifs is 1. The van der Waals surface area contributed by atoms with Crippen molar-refractivity contribution in [2.45, 2.75) is 64.2 Å². The van der Waals surface area contributed by atoms with Crippen LogP contribution in [0.4, 0.5) is 0 Å². The molecule has 15 heavy (non-hydrogen) atoms. The lowest BCUT2D eigenvalue weighted by atomic mass is 9.64. The third kappa shape index (κ3) is 2.96. The van der Waals surface area contributed by atoms with E-state index in [9.17, 15) is 0 Å². The van der Waals surface area contributed by atoms with Gasteiger partial charge in [0, 0.05) is 6.61 Å². The summed E-state index contributed by atoms with van der Waals surface area (Å²) in [6.45, 7) is 0.390. The number of aliphatic hydroxyl groups is 1. The Hall–Kier alpha value is -0.0400. The Labute approximate surface area is 94.3 Å². The summed E-state index contributed by atoms with van der Waals surface area (Å²) in [5.74, 6) is 3.15. The Balaban J connectivity index is 1.81. The Bertz CT molecular complexity index is 176. The highest BCUT2D eigenvalue weighted by Gasteiger charge is 2.33. The quantitative estimate of drug-likeness (QED) is 0.701. The number of hydrogen-bond donors (Lipinski definition) is 1. The first kappa shape index (κ1) is 11.4. The minimum atomic E-state index is 0.390. The van der Waals surface area contributed by atoms with Crippen molar-refractivity contribution in [1.29, 1.82) is 0 Å². The predicted octanol–water partition coefficient (Wildman–Crippen LogP) is 3.76. The molecule has 1 N–H and O–H groups in total. The molecule has 3 atom stereocenters. The molecule has 2 rings (SSSR count). The first-order chi connectivity index (χ1) is 7.42. The minimum Gasteiger partial charge on any atom is -0.396 e. The van der Waals surface area contributed by atoms with Crippen molar-refractivity contribution >= 4 is 0 Å². The minimum absolute atomic E-state index is 0.390. The van der Waals surface area contributed by atoms with Crippen molar-refractivity contribution < 1.29 is 5.11 Å². The standard InChI is InChI=1S/C14H26O/c15-11-4-3-7-13-9-5-8-12-6-1-2-10-14(12)13/h12-15H,1-11H2. The molecular weight excluding hydrogens is 184 g/mol. The summed E-state index contributed by atoms with van der Waals surface area (Å²) in [6.07, 6.45) is 14.1. The summed E-state index contributed by atoms with van der Waals surface area (Å²) in [5.41, 5.74) is 0. The largest absolute Gasteiger partial charge is 0.396 e. The average Bonchev–Trinajstić information content (AvgIpc) is 2.30. The lowest BCUT2D eigenvalue weighted by molar-refractivity contribution is 0.0950. The van der Waals surface area contributed by atoms with E-state index in [2.05, 4.69) is 0 Å². The zero-order chi connectivity index (χ0) is 10.5. The van der Waals surface area contributed by atoms with Gasteiger partial charge in [-0.1, -0.05) is 51.4 Å². The second-order valence-corrected chi connectivity index (χ2v) is 5.62. The van der Waals surface area contributed by atoms with Crippen molar-refractivity contribution in [3.05, 3.63) is 0 Å². The van der Waals surface area contributed by atoms with Crippen molar-refractivity contribution in [3.8, 4) is 0 Å². The number of rotatable bonds is 4. The molecule has 3 unspecified atom stereocenters. The van der Waals surface area contributed by atoms with Gasteiger partial charge in [-0.05, 0) is 30.6 Å². The number of hydrogen-bond acceptors (Lipinski definition) is 1. The van der Waals surface area contributed by atoms with Crippen LogP contribution in [0.2, 0.25) is 0 Å². The zero-order valence-corrected chi connectivity index (χ0v) is 9.96. The summed E-state index contributed by atoms with van der Waals surface area (Å²) in [5, 5.41) is 8.83. The van der Waals surface area contributed by atoms with Crippen molar-refractivity contribution in [1.82, 2.24) is 0 Å². The molecule has 0 amide bonds. The van der Waals surface area contributed by atoms with Crippen LogP contribution < -0.4 is 0 Å². The molecule has 2 fully saturated rings. The summed E-state index contributed by atoms with van der Waals surface area (Å²) in [6, 6.07) is 0.